The van der Waals surface area contributed by atoms with E-state index in [2.05, 4.69) is 12.2 Å². The third-order valence-corrected chi connectivity index (χ3v) is 4.63. The minimum absolute atomic E-state index is 0.00203. The molecule has 1 fully saturated rings. The molecule has 1 aliphatic rings. The minimum atomic E-state index is -0.252. The van der Waals surface area contributed by atoms with Gasteiger partial charge < -0.3 is 10.2 Å². The Labute approximate surface area is 142 Å². The summed E-state index contributed by atoms with van der Waals surface area (Å²) in [5, 5.41) is 5.13. The third-order valence-electron chi connectivity index (χ3n) is 4.63. The molecule has 0 radical (unpaired) electrons. The lowest BCUT2D eigenvalue weighted by Crippen LogP contribution is -2.33. The number of fused-ring (bicyclic) bond motifs is 1. The standard InChI is InChI=1S/C20H24N2O2/c1-2-3-6-12-21-20(24)16-13-19(23)22(14-16)18-11-7-9-15-8-4-5-10-17(15)18/h4-5,7-11,16H,2-3,6,12-14H2,1H3,(H,21,24)/t16-/m1/s1. The van der Waals surface area contributed by atoms with Gasteiger partial charge in [0.25, 0.3) is 0 Å². The van der Waals surface area contributed by atoms with Crippen molar-refractivity contribution in [3.05, 3.63) is 42.5 Å². The van der Waals surface area contributed by atoms with Gasteiger partial charge in [-0.2, -0.15) is 0 Å². The molecule has 4 nitrogen and oxygen atoms in total. The van der Waals surface area contributed by atoms with Crippen LogP contribution in [0.15, 0.2) is 42.5 Å². The lowest BCUT2D eigenvalue weighted by Gasteiger charge is -2.19. The molecule has 1 saturated heterocycles. The van der Waals surface area contributed by atoms with Crippen LogP contribution in [-0.4, -0.2) is 24.9 Å². The number of benzene rings is 2. The number of hydrogen-bond acceptors (Lipinski definition) is 2. The summed E-state index contributed by atoms with van der Waals surface area (Å²) in [6, 6.07) is 14.0. The smallest absolute Gasteiger partial charge is 0.227 e. The van der Waals surface area contributed by atoms with Gasteiger partial charge >= 0.3 is 0 Å². The fourth-order valence-electron chi connectivity index (χ4n) is 3.29. The zero-order valence-corrected chi connectivity index (χ0v) is 14.1. The summed E-state index contributed by atoms with van der Waals surface area (Å²) in [4.78, 5) is 26.5. The van der Waals surface area contributed by atoms with Crippen LogP contribution in [0.1, 0.15) is 32.6 Å². The second-order valence-electron chi connectivity index (χ2n) is 6.40. The maximum atomic E-state index is 12.5. The van der Waals surface area contributed by atoms with E-state index in [1.54, 1.807) is 4.90 Å². The van der Waals surface area contributed by atoms with Crippen molar-refractivity contribution in [2.24, 2.45) is 5.92 Å². The highest BCUT2D eigenvalue weighted by atomic mass is 16.2. The summed E-state index contributed by atoms with van der Waals surface area (Å²) in [5.74, 6) is -0.222. The summed E-state index contributed by atoms with van der Waals surface area (Å²) < 4.78 is 0. The van der Waals surface area contributed by atoms with Crippen molar-refractivity contribution in [1.29, 1.82) is 0 Å². The van der Waals surface area contributed by atoms with Gasteiger partial charge in [-0.05, 0) is 17.9 Å². The molecular weight excluding hydrogens is 300 g/mol. The van der Waals surface area contributed by atoms with Crippen LogP contribution in [0, 0.1) is 5.92 Å². The largest absolute Gasteiger partial charge is 0.356 e. The van der Waals surface area contributed by atoms with Gasteiger partial charge in [0.1, 0.15) is 0 Å². The zero-order valence-electron chi connectivity index (χ0n) is 14.1. The summed E-state index contributed by atoms with van der Waals surface area (Å²) in [6.45, 7) is 3.30. The van der Waals surface area contributed by atoms with Gasteiger partial charge in [-0.15, -0.1) is 0 Å². The first-order chi connectivity index (χ1) is 11.7. The number of anilines is 1. The second kappa shape index (κ2) is 7.47. The van der Waals surface area contributed by atoms with Crippen LogP contribution in [0.3, 0.4) is 0 Å². The Hall–Kier alpha value is -2.36. The third kappa shape index (κ3) is 3.42. The van der Waals surface area contributed by atoms with E-state index in [-0.39, 0.29) is 17.7 Å². The van der Waals surface area contributed by atoms with Gasteiger partial charge in [0.05, 0.1) is 11.6 Å². The van der Waals surface area contributed by atoms with Crippen LogP contribution >= 0.6 is 0 Å². The fourth-order valence-corrected chi connectivity index (χ4v) is 3.29. The zero-order chi connectivity index (χ0) is 16.9. The van der Waals surface area contributed by atoms with Crippen LogP contribution < -0.4 is 10.2 Å². The number of nitrogens with zero attached hydrogens (tertiary/aromatic N) is 1. The first-order valence-corrected chi connectivity index (χ1v) is 8.76. The maximum Gasteiger partial charge on any atom is 0.227 e. The lowest BCUT2D eigenvalue weighted by atomic mass is 10.1. The van der Waals surface area contributed by atoms with Gasteiger partial charge in [0.15, 0.2) is 0 Å². The Bertz CT molecular complexity index is 736. The highest BCUT2D eigenvalue weighted by Gasteiger charge is 2.35. The van der Waals surface area contributed by atoms with Gasteiger partial charge in [-0.25, -0.2) is 0 Å². The Morgan fingerprint density at radius 1 is 1.17 bits per heavy atom. The van der Waals surface area contributed by atoms with E-state index in [9.17, 15) is 9.59 Å². The monoisotopic (exact) mass is 324 g/mol. The van der Waals surface area contributed by atoms with E-state index in [1.807, 2.05) is 42.5 Å². The number of nitrogens with one attached hydrogen (secondary N) is 1. The number of amides is 2. The quantitative estimate of drug-likeness (QED) is 0.827. The molecule has 0 aromatic heterocycles. The number of carbonyl (C=O) groups is 2. The Kier molecular flexibility index (Phi) is 5.14. The van der Waals surface area contributed by atoms with Gasteiger partial charge in [0, 0.05) is 24.9 Å². The predicted molar refractivity (Wildman–Crippen MR) is 96.9 cm³/mol. The molecule has 0 saturated carbocycles. The van der Waals surface area contributed by atoms with Crippen molar-refractivity contribution < 1.29 is 9.59 Å². The molecule has 1 N–H and O–H groups in total. The van der Waals surface area contributed by atoms with E-state index in [1.165, 1.54) is 0 Å². The SMILES string of the molecule is CCCCCNC(=O)[C@@H]1CC(=O)N(c2cccc3ccccc23)C1. The molecule has 1 heterocycles. The molecule has 24 heavy (non-hydrogen) atoms. The van der Waals surface area contributed by atoms with E-state index in [0.29, 0.717) is 19.5 Å². The van der Waals surface area contributed by atoms with E-state index < -0.39 is 0 Å². The van der Waals surface area contributed by atoms with Gasteiger partial charge in [-0.3, -0.25) is 9.59 Å². The highest BCUT2D eigenvalue weighted by molar-refractivity contribution is 6.06. The van der Waals surface area contributed by atoms with Crippen molar-refractivity contribution in [2.45, 2.75) is 32.6 Å². The number of unbranched alkanes of at least 4 members (excludes halogenated alkanes) is 2. The van der Waals surface area contributed by atoms with Crippen LogP contribution in [0.4, 0.5) is 5.69 Å². The molecule has 0 spiro atoms. The number of rotatable bonds is 6. The fraction of sp³-hybridized carbons (Fsp3) is 0.400. The van der Waals surface area contributed by atoms with Crippen molar-refractivity contribution in [2.75, 3.05) is 18.0 Å². The molecule has 2 aromatic carbocycles. The average molecular weight is 324 g/mol. The molecule has 0 unspecified atom stereocenters. The molecule has 2 aromatic rings. The number of hydrogen-bond donors (Lipinski definition) is 1. The topological polar surface area (TPSA) is 49.4 Å². The molecular formula is C20H24N2O2. The van der Waals surface area contributed by atoms with E-state index in [0.717, 1.165) is 35.7 Å². The normalized spacial score (nSPS) is 17.5. The second-order valence-corrected chi connectivity index (χ2v) is 6.40. The van der Waals surface area contributed by atoms with Crippen LogP contribution in [0.5, 0.6) is 0 Å². The van der Waals surface area contributed by atoms with Crippen molar-refractivity contribution in [3.63, 3.8) is 0 Å². The molecule has 126 valence electrons. The van der Waals surface area contributed by atoms with Crippen LogP contribution in [-0.2, 0) is 9.59 Å². The van der Waals surface area contributed by atoms with E-state index in [4.69, 9.17) is 0 Å². The molecule has 4 heteroatoms. The maximum absolute atomic E-state index is 12.5. The van der Waals surface area contributed by atoms with E-state index >= 15 is 0 Å². The summed E-state index contributed by atoms with van der Waals surface area (Å²) in [5.41, 5.74) is 0.902. The molecule has 3 rings (SSSR count). The lowest BCUT2D eigenvalue weighted by molar-refractivity contribution is -0.126. The van der Waals surface area contributed by atoms with Gasteiger partial charge in [-0.1, -0.05) is 56.2 Å². The van der Waals surface area contributed by atoms with Gasteiger partial charge in [0.2, 0.25) is 11.8 Å². The van der Waals surface area contributed by atoms with Crippen molar-refractivity contribution >= 4 is 28.3 Å². The molecule has 2 amide bonds. The predicted octanol–water partition coefficient (Wildman–Crippen LogP) is 3.50. The minimum Gasteiger partial charge on any atom is -0.356 e. The highest BCUT2D eigenvalue weighted by Crippen LogP contribution is 2.31. The van der Waals surface area contributed by atoms with Crippen LogP contribution in [0.25, 0.3) is 10.8 Å². The van der Waals surface area contributed by atoms with Crippen molar-refractivity contribution in [1.82, 2.24) is 5.32 Å². The molecule has 0 bridgehead atoms. The first-order valence-electron chi connectivity index (χ1n) is 8.76. The summed E-state index contributed by atoms with van der Waals surface area (Å²) in [6.07, 6.45) is 3.54. The summed E-state index contributed by atoms with van der Waals surface area (Å²) >= 11 is 0. The summed E-state index contributed by atoms with van der Waals surface area (Å²) in [7, 11) is 0. The average Bonchev–Trinajstić information content (AvgIpc) is 3.00. The Balaban J connectivity index is 1.71. The number of carbonyl (C=O) groups excluding carboxylic acids is 2. The Morgan fingerprint density at radius 2 is 1.96 bits per heavy atom. The van der Waals surface area contributed by atoms with Crippen molar-refractivity contribution in [3.8, 4) is 0 Å². The molecule has 1 aliphatic heterocycles. The Morgan fingerprint density at radius 3 is 2.79 bits per heavy atom. The molecule has 1 atom stereocenters. The van der Waals surface area contributed by atoms with Crippen LogP contribution in [0.2, 0.25) is 0 Å². The molecule has 0 aliphatic carbocycles. The first kappa shape index (κ1) is 16.5.